The summed E-state index contributed by atoms with van der Waals surface area (Å²) in [5.41, 5.74) is 0.207. The molecule has 1 fully saturated rings. The largest absolute Gasteiger partial charge is 0.493 e. The minimum Gasteiger partial charge on any atom is -0.493 e. The molecule has 0 saturated heterocycles. The van der Waals surface area contributed by atoms with Gasteiger partial charge in [0.15, 0.2) is 0 Å². The minimum atomic E-state index is -0.187. The van der Waals surface area contributed by atoms with Crippen LogP contribution in [-0.2, 0) is 0 Å². The molecule has 2 N–H and O–H groups in total. The Morgan fingerprint density at radius 3 is 2.20 bits per heavy atom. The van der Waals surface area contributed by atoms with Crippen LogP contribution in [0, 0.1) is 11.8 Å². The summed E-state index contributed by atoms with van der Waals surface area (Å²) in [6.45, 7) is 8.32. The van der Waals surface area contributed by atoms with Crippen molar-refractivity contribution in [3.8, 4) is 5.88 Å². The van der Waals surface area contributed by atoms with Crippen molar-refractivity contribution in [2.45, 2.75) is 65.2 Å². The van der Waals surface area contributed by atoms with Gasteiger partial charge in [-0.25, -0.2) is 0 Å². The van der Waals surface area contributed by atoms with E-state index in [4.69, 9.17) is 0 Å². The van der Waals surface area contributed by atoms with E-state index in [0.717, 1.165) is 24.7 Å². The lowest BCUT2D eigenvalue weighted by molar-refractivity contribution is 0.253. The van der Waals surface area contributed by atoms with Crippen LogP contribution < -0.4 is 5.56 Å². The van der Waals surface area contributed by atoms with Gasteiger partial charge in [0.1, 0.15) is 5.82 Å². The summed E-state index contributed by atoms with van der Waals surface area (Å²) in [4.78, 5) is 19.2. The normalized spacial score (nSPS) is 23.5. The van der Waals surface area contributed by atoms with E-state index < -0.39 is 0 Å². The van der Waals surface area contributed by atoms with E-state index in [1.807, 2.05) is 13.8 Å². The lowest BCUT2D eigenvalue weighted by Gasteiger charge is -2.30. The number of nitrogens with one attached hydrogen (secondary N) is 1. The molecule has 0 radical (unpaired) electrons. The molecule has 0 aliphatic heterocycles. The Morgan fingerprint density at radius 1 is 1.15 bits per heavy atom. The zero-order chi connectivity index (χ0) is 14.9. The summed E-state index contributed by atoms with van der Waals surface area (Å²) >= 11 is 0. The third-order valence-corrected chi connectivity index (χ3v) is 4.63. The third-order valence-electron chi connectivity index (χ3n) is 4.63. The van der Waals surface area contributed by atoms with Gasteiger partial charge >= 0.3 is 0 Å². The van der Waals surface area contributed by atoms with Crippen LogP contribution in [0.15, 0.2) is 4.79 Å². The first-order valence-electron chi connectivity index (χ1n) is 7.73. The van der Waals surface area contributed by atoms with E-state index in [1.165, 1.54) is 12.8 Å². The van der Waals surface area contributed by atoms with Crippen molar-refractivity contribution >= 4 is 0 Å². The van der Waals surface area contributed by atoms with Gasteiger partial charge in [-0.2, -0.15) is 4.98 Å². The van der Waals surface area contributed by atoms with Crippen molar-refractivity contribution in [2.24, 2.45) is 11.8 Å². The molecule has 1 saturated carbocycles. The molecule has 0 unspecified atom stereocenters. The Bertz CT molecular complexity index is 512. The van der Waals surface area contributed by atoms with E-state index in [-0.39, 0.29) is 23.3 Å². The predicted octanol–water partition coefficient (Wildman–Crippen LogP) is 3.53. The summed E-state index contributed by atoms with van der Waals surface area (Å²) in [6, 6.07) is 0. The first-order valence-corrected chi connectivity index (χ1v) is 7.73. The van der Waals surface area contributed by atoms with Crippen LogP contribution in [0.4, 0.5) is 0 Å². The smallest absolute Gasteiger partial charge is 0.258 e. The van der Waals surface area contributed by atoms with E-state index in [1.54, 1.807) is 0 Å². The number of aromatic nitrogens is 2. The average molecular weight is 278 g/mol. The van der Waals surface area contributed by atoms with Crippen LogP contribution in [-0.4, -0.2) is 15.1 Å². The summed E-state index contributed by atoms with van der Waals surface area (Å²) < 4.78 is 0. The molecule has 0 atom stereocenters. The van der Waals surface area contributed by atoms with Crippen molar-refractivity contribution in [1.82, 2.24) is 9.97 Å². The zero-order valence-corrected chi connectivity index (χ0v) is 12.9. The van der Waals surface area contributed by atoms with Crippen LogP contribution in [0.25, 0.3) is 0 Å². The van der Waals surface area contributed by atoms with Crippen molar-refractivity contribution in [3.63, 3.8) is 0 Å². The third kappa shape index (κ3) is 3.05. The fourth-order valence-corrected chi connectivity index (χ4v) is 3.26. The second kappa shape index (κ2) is 5.98. The molecular formula is C16H26N2O2. The highest BCUT2D eigenvalue weighted by atomic mass is 16.3. The van der Waals surface area contributed by atoms with Crippen molar-refractivity contribution in [3.05, 3.63) is 21.7 Å². The summed E-state index contributed by atoms with van der Waals surface area (Å²) in [6.07, 6.45) is 4.45. The van der Waals surface area contributed by atoms with Crippen LogP contribution in [0.5, 0.6) is 5.88 Å². The van der Waals surface area contributed by atoms with Gasteiger partial charge in [0.2, 0.25) is 5.88 Å². The van der Waals surface area contributed by atoms with E-state index in [0.29, 0.717) is 11.4 Å². The molecule has 0 bridgehead atoms. The molecule has 1 aromatic heterocycles. The van der Waals surface area contributed by atoms with Gasteiger partial charge in [0.25, 0.3) is 5.56 Å². The molecule has 1 heterocycles. The van der Waals surface area contributed by atoms with Gasteiger partial charge in [0, 0.05) is 5.92 Å². The Morgan fingerprint density at radius 2 is 1.75 bits per heavy atom. The molecule has 0 aromatic carbocycles. The van der Waals surface area contributed by atoms with Gasteiger partial charge in [-0.15, -0.1) is 0 Å². The summed E-state index contributed by atoms with van der Waals surface area (Å²) in [7, 11) is 0. The number of rotatable bonds is 3. The highest BCUT2D eigenvalue weighted by Gasteiger charge is 2.26. The Labute approximate surface area is 120 Å². The molecule has 0 amide bonds. The van der Waals surface area contributed by atoms with Crippen molar-refractivity contribution in [2.75, 3.05) is 0 Å². The van der Waals surface area contributed by atoms with Crippen LogP contribution in [0.3, 0.4) is 0 Å². The molecule has 1 aliphatic carbocycles. The Kier molecular flexibility index (Phi) is 4.51. The minimum absolute atomic E-state index is 0.0167. The number of aromatic hydroxyl groups is 1. The first-order chi connectivity index (χ1) is 9.40. The molecule has 2 rings (SSSR count). The van der Waals surface area contributed by atoms with E-state index in [9.17, 15) is 9.90 Å². The number of nitrogens with zero attached hydrogens (tertiary/aromatic N) is 1. The summed E-state index contributed by atoms with van der Waals surface area (Å²) in [5, 5.41) is 9.98. The maximum absolute atomic E-state index is 12.1. The van der Waals surface area contributed by atoms with Gasteiger partial charge in [-0.1, -0.05) is 27.7 Å². The zero-order valence-electron chi connectivity index (χ0n) is 12.9. The number of hydrogen-bond acceptors (Lipinski definition) is 3. The van der Waals surface area contributed by atoms with Gasteiger partial charge < -0.3 is 10.1 Å². The SMILES string of the molecule is CC(C)c1c(O)nc(C2CCC(C(C)C)CC2)[nH]c1=O. The van der Waals surface area contributed by atoms with Crippen LogP contribution >= 0.6 is 0 Å². The van der Waals surface area contributed by atoms with E-state index >= 15 is 0 Å². The molecule has 1 aromatic rings. The maximum atomic E-state index is 12.1. The lowest BCUT2D eigenvalue weighted by Crippen LogP contribution is -2.23. The molecule has 112 valence electrons. The second-order valence-corrected chi connectivity index (χ2v) is 6.70. The van der Waals surface area contributed by atoms with Gasteiger partial charge in [-0.3, -0.25) is 4.79 Å². The first kappa shape index (κ1) is 15.1. The van der Waals surface area contributed by atoms with Crippen LogP contribution in [0.1, 0.15) is 76.6 Å². The van der Waals surface area contributed by atoms with Gasteiger partial charge in [0.05, 0.1) is 5.56 Å². The molecule has 4 nitrogen and oxygen atoms in total. The highest BCUT2D eigenvalue weighted by molar-refractivity contribution is 5.26. The Balaban J connectivity index is 2.17. The summed E-state index contributed by atoms with van der Waals surface area (Å²) in [5.74, 6) is 2.34. The van der Waals surface area contributed by atoms with E-state index in [2.05, 4.69) is 23.8 Å². The lowest BCUT2D eigenvalue weighted by atomic mass is 9.76. The highest BCUT2D eigenvalue weighted by Crippen LogP contribution is 2.37. The number of H-pyrrole nitrogens is 1. The number of hydrogen-bond donors (Lipinski definition) is 2. The molecule has 1 aliphatic rings. The monoisotopic (exact) mass is 278 g/mol. The quantitative estimate of drug-likeness (QED) is 0.889. The Hall–Kier alpha value is -1.32. The number of aromatic amines is 1. The predicted molar refractivity (Wildman–Crippen MR) is 80.1 cm³/mol. The van der Waals surface area contributed by atoms with Gasteiger partial charge in [-0.05, 0) is 43.4 Å². The molecule has 4 heteroatoms. The molecule has 20 heavy (non-hydrogen) atoms. The van der Waals surface area contributed by atoms with Crippen LogP contribution in [0.2, 0.25) is 0 Å². The topological polar surface area (TPSA) is 66.0 Å². The standard InChI is InChI=1S/C16H26N2O2/c1-9(2)11-5-7-12(8-6-11)14-17-15(19)13(10(3)4)16(20)18-14/h9-12H,5-8H2,1-4H3,(H2,17,18,19,20). The molecule has 0 spiro atoms. The second-order valence-electron chi connectivity index (χ2n) is 6.70. The fourth-order valence-electron chi connectivity index (χ4n) is 3.26. The van der Waals surface area contributed by atoms with Crippen molar-refractivity contribution in [1.29, 1.82) is 0 Å². The van der Waals surface area contributed by atoms with Crippen molar-refractivity contribution < 1.29 is 5.11 Å². The molecular weight excluding hydrogens is 252 g/mol. The fraction of sp³-hybridized carbons (Fsp3) is 0.750. The average Bonchev–Trinajstić information content (AvgIpc) is 2.37. The maximum Gasteiger partial charge on any atom is 0.258 e.